The Morgan fingerprint density at radius 3 is 2.69 bits per heavy atom. The molecule has 1 aromatic carbocycles. The largest absolute Gasteiger partial charge is 0.465 e. The number of benzene rings is 1. The van der Waals surface area contributed by atoms with Gasteiger partial charge in [-0.2, -0.15) is 0 Å². The Kier molecular flexibility index (Phi) is 4.49. The van der Waals surface area contributed by atoms with Crippen LogP contribution >= 0.6 is 15.9 Å². The quantitative estimate of drug-likeness (QED) is 0.518. The summed E-state index contributed by atoms with van der Waals surface area (Å²) in [7, 11) is 1.30. The summed E-state index contributed by atoms with van der Waals surface area (Å²) in [5.41, 5.74) is 7.10. The van der Waals surface area contributed by atoms with Crippen LogP contribution in [0.5, 0.6) is 0 Å². The van der Waals surface area contributed by atoms with Crippen molar-refractivity contribution in [1.29, 1.82) is 0 Å². The summed E-state index contributed by atoms with van der Waals surface area (Å²) in [5, 5.41) is 0.252. The van der Waals surface area contributed by atoms with E-state index in [1.54, 1.807) is 18.2 Å². The standard InChI is InChI=1S/C11H12BrNO3/c1-16-11(15)10-3-2-8(13)4-7(10)5-9(14)6-12/h2-4H,5-6,13H2,1H3. The zero-order valence-electron chi connectivity index (χ0n) is 8.83. The third-order valence-electron chi connectivity index (χ3n) is 2.07. The number of halogens is 1. The molecule has 0 atom stereocenters. The Morgan fingerprint density at radius 2 is 2.12 bits per heavy atom. The molecule has 0 saturated heterocycles. The van der Waals surface area contributed by atoms with Gasteiger partial charge in [-0.05, 0) is 23.8 Å². The van der Waals surface area contributed by atoms with Crippen molar-refractivity contribution in [2.24, 2.45) is 0 Å². The lowest BCUT2D eigenvalue weighted by molar-refractivity contribution is -0.115. The molecule has 0 aliphatic rings. The molecule has 1 aromatic rings. The number of rotatable bonds is 4. The first-order chi connectivity index (χ1) is 7.58. The topological polar surface area (TPSA) is 69.4 Å². The Labute approximate surface area is 102 Å². The van der Waals surface area contributed by atoms with Gasteiger partial charge in [-0.3, -0.25) is 4.79 Å². The molecule has 0 radical (unpaired) electrons. The van der Waals surface area contributed by atoms with E-state index in [4.69, 9.17) is 5.73 Å². The molecule has 86 valence electrons. The fourth-order valence-corrected chi connectivity index (χ4v) is 1.53. The van der Waals surface area contributed by atoms with Crippen molar-refractivity contribution in [2.45, 2.75) is 6.42 Å². The van der Waals surface area contributed by atoms with Crippen LogP contribution in [-0.4, -0.2) is 24.2 Å². The van der Waals surface area contributed by atoms with Gasteiger partial charge < -0.3 is 10.5 Å². The molecule has 0 bridgehead atoms. The number of carbonyl (C=O) groups excluding carboxylic acids is 2. The first-order valence-electron chi connectivity index (χ1n) is 4.63. The van der Waals surface area contributed by atoms with E-state index in [9.17, 15) is 9.59 Å². The predicted molar refractivity (Wildman–Crippen MR) is 64.7 cm³/mol. The second kappa shape index (κ2) is 5.65. The van der Waals surface area contributed by atoms with Gasteiger partial charge >= 0.3 is 5.97 Å². The summed E-state index contributed by atoms with van der Waals surface area (Å²) in [4.78, 5) is 22.7. The SMILES string of the molecule is COC(=O)c1ccc(N)cc1CC(=O)CBr. The van der Waals surface area contributed by atoms with Crippen LogP contribution in [0, 0.1) is 0 Å². The molecule has 1 rings (SSSR count). The van der Waals surface area contributed by atoms with Gasteiger partial charge in [0.1, 0.15) is 5.78 Å². The van der Waals surface area contributed by atoms with Crippen molar-refractivity contribution in [3.05, 3.63) is 29.3 Å². The number of methoxy groups -OCH3 is 1. The van der Waals surface area contributed by atoms with Gasteiger partial charge in [0, 0.05) is 12.1 Å². The van der Waals surface area contributed by atoms with Crippen LogP contribution in [0.3, 0.4) is 0 Å². The average Bonchev–Trinajstić information content (AvgIpc) is 2.28. The van der Waals surface area contributed by atoms with E-state index in [1.807, 2.05) is 0 Å². The van der Waals surface area contributed by atoms with Crippen LogP contribution in [0.4, 0.5) is 5.69 Å². The molecule has 0 fully saturated rings. The monoisotopic (exact) mass is 285 g/mol. The summed E-state index contributed by atoms with van der Waals surface area (Å²) in [6.45, 7) is 0. The van der Waals surface area contributed by atoms with Gasteiger partial charge in [0.15, 0.2) is 0 Å². The highest BCUT2D eigenvalue weighted by Crippen LogP contribution is 2.16. The van der Waals surface area contributed by atoms with E-state index in [0.717, 1.165) is 0 Å². The number of nitrogen functional groups attached to an aromatic ring is 1. The Hall–Kier alpha value is -1.36. The summed E-state index contributed by atoms with van der Waals surface area (Å²) in [5.74, 6) is -0.479. The predicted octanol–water partition coefficient (Wildman–Crippen LogP) is 1.56. The average molecular weight is 286 g/mol. The van der Waals surface area contributed by atoms with Gasteiger partial charge in [0.2, 0.25) is 0 Å². The van der Waals surface area contributed by atoms with Crippen LogP contribution < -0.4 is 5.73 Å². The van der Waals surface area contributed by atoms with E-state index in [-0.39, 0.29) is 17.5 Å². The van der Waals surface area contributed by atoms with Crippen molar-refractivity contribution < 1.29 is 14.3 Å². The number of esters is 1. The van der Waals surface area contributed by atoms with Crippen LogP contribution in [0.2, 0.25) is 0 Å². The number of Topliss-reactive ketones (excluding diaryl/α,β-unsaturated/α-hetero) is 1. The Bertz CT molecular complexity index is 418. The van der Waals surface area contributed by atoms with Crippen LogP contribution in [0.25, 0.3) is 0 Å². The Balaban J connectivity index is 3.08. The lowest BCUT2D eigenvalue weighted by Gasteiger charge is -2.07. The van der Waals surface area contributed by atoms with Crippen LogP contribution in [0.1, 0.15) is 15.9 Å². The minimum absolute atomic E-state index is 0.0178. The van der Waals surface area contributed by atoms with Crippen molar-refractivity contribution in [3.63, 3.8) is 0 Å². The minimum Gasteiger partial charge on any atom is -0.465 e. The molecule has 0 saturated carbocycles. The van der Waals surface area contributed by atoms with Crippen molar-refractivity contribution in [2.75, 3.05) is 18.2 Å². The van der Waals surface area contributed by atoms with Crippen molar-refractivity contribution >= 4 is 33.4 Å². The third-order valence-corrected chi connectivity index (χ3v) is 2.70. The Morgan fingerprint density at radius 1 is 1.44 bits per heavy atom. The number of carbonyl (C=O) groups is 2. The van der Waals surface area contributed by atoms with Gasteiger partial charge in [0.05, 0.1) is 18.0 Å². The fraction of sp³-hybridized carbons (Fsp3) is 0.273. The van der Waals surface area contributed by atoms with E-state index in [1.165, 1.54) is 7.11 Å². The maximum atomic E-state index is 11.4. The number of nitrogens with two attached hydrogens (primary N) is 1. The fourth-order valence-electron chi connectivity index (χ4n) is 1.33. The number of ether oxygens (including phenoxy) is 1. The molecule has 0 spiro atoms. The van der Waals surface area contributed by atoms with E-state index in [2.05, 4.69) is 20.7 Å². The molecule has 0 heterocycles. The molecule has 0 aliphatic heterocycles. The van der Waals surface area contributed by atoms with Gasteiger partial charge in [-0.25, -0.2) is 4.79 Å². The van der Waals surface area contributed by atoms with E-state index >= 15 is 0 Å². The highest BCUT2D eigenvalue weighted by Gasteiger charge is 2.14. The maximum absolute atomic E-state index is 11.4. The number of alkyl halides is 1. The second-order valence-corrected chi connectivity index (χ2v) is 3.82. The van der Waals surface area contributed by atoms with E-state index < -0.39 is 5.97 Å². The van der Waals surface area contributed by atoms with Crippen molar-refractivity contribution in [3.8, 4) is 0 Å². The molecule has 0 amide bonds. The zero-order valence-corrected chi connectivity index (χ0v) is 10.4. The van der Waals surface area contributed by atoms with Gasteiger partial charge in [-0.1, -0.05) is 15.9 Å². The van der Waals surface area contributed by atoms with Gasteiger partial charge in [-0.15, -0.1) is 0 Å². The molecular weight excluding hydrogens is 274 g/mol. The summed E-state index contributed by atoms with van der Waals surface area (Å²) < 4.78 is 4.63. The lowest BCUT2D eigenvalue weighted by atomic mass is 10.0. The first-order valence-corrected chi connectivity index (χ1v) is 5.75. The molecule has 2 N–H and O–H groups in total. The smallest absolute Gasteiger partial charge is 0.338 e. The molecule has 0 aromatic heterocycles. The summed E-state index contributed by atoms with van der Waals surface area (Å²) in [6.07, 6.45) is 0.167. The second-order valence-electron chi connectivity index (χ2n) is 3.26. The van der Waals surface area contributed by atoms with Crippen molar-refractivity contribution in [1.82, 2.24) is 0 Å². The molecule has 0 unspecified atom stereocenters. The minimum atomic E-state index is -0.461. The number of ketones is 1. The lowest BCUT2D eigenvalue weighted by Crippen LogP contribution is -2.11. The third kappa shape index (κ3) is 3.06. The number of anilines is 1. The van der Waals surface area contributed by atoms with Crippen LogP contribution in [-0.2, 0) is 16.0 Å². The maximum Gasteiger partial charge on any atom is 0.338 e. The molecule has 4 nitrogen and oxygen atoms in total. The van der Waals surface area contributed by atoms with Gasteiger partial charge in [0.25, 0.3) is 0 Å². The zero-order chi connectivity index (χ0) is 12.1. The molecule has 0 aliphatic carbocycles. The van der Waals surface area contributed by atoms with Crippen LogP contribution in [0.15, 0.2) is 18.2 Å². The first kappa shape index (κ1) is 12.7. The highest BCUT2D eigenvalue weighted by molar-refractivity contribution is 9.09. The highest BCUT2D eigenvalue weighted by atomic mass is 79.9. The molecular formula is C11H12BrNO3. The summed E-state index contributed by atoms with van der Waals surface area (Å²) >= 11 is 3.07. The molecule has 16 heavy (non-hydrogen) atoms. The summed E-state index contributed by atoms with van der Waals surface area (Å²) in [6, 6.07) is 4.79. The number of hydrogen-bond acceptors (Lipinski definition) is 4. The van der Waals surface area contributed by atoms with E-state index in [0.29, 0.717) is 16.8 Å². The number of hydrogen-bond donors (Lipinski definition) is 1. The normalized spacial score (nSPS) is 9.88. The molecule has 5 heteroatoms.